The molecule has 1 amide bonds. The molecule has 0 aliphatic carbocycles. The molecule has 3 rings (SSSR count). The van der Waals surface area contributed by atoms with Gasteiger partial charge in [-0.3, -0.25) is 4.79 Å². The quantitative estimate of drug-likeness (QED) is 0.642. The average molecular weight is 418 g/mol. The van der Waals surface area contributed by atoms with E-state index in [1.807, 2.05) is 49.4 Å². The number of nitrogens with one attached hydrogen (secondary N) is 1. The van der Waals surface area contributed by atoms with Gasteiger partial charge in [-0.25, -0.2) is 4.98 Å². The van der Waals surface area contributed by atoms with Crippen molar-refractivity contribution in [2.45, 2.75) is 6.92 Å². The van der Waals surface area contributed by atoms with Crippen LogP contribution in [0, 0.1) is 10.5 Å². The Kier molecular flexibility index (Phi) is 4.47. The predicted octanol–water partition coefficient (Wildman–Crippen LogP) is 4.41. The first kappa shape index (κ1) is 15.7. The van der Waals surface area contributed by atoms with E-state index in [1.165, 1.54) is 0 Å². The lowest BCUT2D eigenvalue weighted by Gasteiger charge is -2.11. The second-order valence-corrected chi connectivity index (χ2v) is 6.28. The van der Waals surface area contributed by atoms with Crippen molar-refractivity contribution in [3.8, 4) is 5.75 Å². The molecular weight excluding hydrogens is 403 g/mol. The lowest BCUT2D eigenvalue weighted by atomic mass is 10.1. The third kappa shape index (κ3) is 3.29. The molecule has 0 radical (unpaired) electrons. The molecule has 1 aromatic heterocycles. The van der Waals surface area contributed by atoms with E-state index in [0.717, 1.165) is 20.0 Å². The van der Waals surface area contributed by atoms with Crippen molar-refractivity contribution in [1.29, 1.82) is 0 Å². The molecule has 3 aromatic rings. The van der Waals surface area contributed by atoms with Gasteiger partial charge in [0.25, 0.3) is 5.91 Å². The zero-order chi connectivity index (χ0) is 16.4. The fraction of sp³-hybridized carbons (Fsp3) is 0.111. The predicted molar refractivity (Wildman–Crippen MR) is 100 cm³/mol. The van der Waals surface area contributed by atoms with Gasteiger partial charge in [-0.15, -0.1) is 0 Å². The monoisotopic (exact) mass is 418 g/mol. The summed E-state index contributed by atoms with van der Waals surface area (Å²) in [5.41, 5.74) is 1.37. The largest absolute Gasteiger partial charge is 0.496 e. The number of anilines is 1. The number of carbonyl (C=O) groups is 1. The number of carbonyl (C=O) groups excluding carboxylic acids is 1. The molecule has 0 atom stereocenters. The van der Waals surface area contributed by atoms with Crippen LogP contribution < -0.4 is 10.1 Å². The van der Waals surface area contributed by atoms with Gasteiger partial charge < -0.3 is 10.1 Å². The van der Waals surface area contributed by atoms with E-state index in [-0.39, 0.29) is 5.91 Å². The number of methoxy groups -OCH3 is 1. The summed E-state index contributed by atoms with van der Waals surface area (Å²) >= 11 is 2.21. The number of halogens is 1. The minimum atomic E-state index is -0.235. The van der Waals surface area contributed by atoms with Crippen molar-refractivity contribution in [1.82, 2.24) is 4.98 Å². The van der Waals surface area contributed by atoms with Crippen molar-refractivity contribution in [3.63, 3.8) is 0 Å². The molecule has 5 heteroatoms. The number of hydrogen-bond donors (Lipinski definition) is 1. The number of rotatable bonds is 3. The molecule has 4 nitrogen and oxygen atoms in total. The maximum Gasteiger partial charge on any atom is 0.260 e. The Labute approximate surface area is 148 Å². The summed E-state index contributed by atoms with van der Waals surface area (Å²) in [6, 6.07) is 15.3. The highest BCUT2D eigenvalue weighted by atomic mass is 127. The number of benzene rings is 2. The second-order valence-electron chi connectivity index (χ2n) is 5.12. The summed E-state index contributed by atoms with van der Waals surface area (Å²) in [5, 5.41) is 4.85. The Morgan fingerprint density at radius 2 is 1.83 bits per heavy atom. The molecule has 0 saturated carbocycles. The van der Waals surface area contributed by atoms with Gasteiger partial charge in [-0.2, -0.15) is 0 Å². The molecule has 0 saturated heterocycles. The number of fused-ring (bicyclic) bond motifs is 1. The molecule has 0 spiro atoms. The molecule has 1 N–H and O–H groups in total. The maximum atomic E-state index is 12.6. The van der Waals surface area contributed by atoms with E-state index in [2.05, 4.69) is 32.9 Å². The maximum absolute atomic E-state index is 12.6. The number of amides is 1. The van der Waals surface area contributed by atoms with E-state index in [0.29, 0.717) is 17.1 Å². The van der Waals surface area contributed by atoms with Gasteiger partial charge in [0.1, 0.15) is 11.6 Å². The van der Waals surface area contributed by atoms with E-state index in [4.69, 9.17) is 4.74 Å². The van der Waals surface area contributed by atoms with Crippen LogP contribution in [0.3, 0.4) is 0 Å². The van der Waals surface area contributed by atoms with Gasteiger partial charge in [-0.05, 0) is 64.6 Å². The number of nitrogens with zero attached hydrogens (tertiary/aromatic N) is 1. The minimum absolute atomic E-state index is 0.235. The number of hydrogen-bond acceptors (Lipinski definition) is 3. The Hall–Kier alpha value is -2.15. The van der Waals surface area contributed by atoms with Crippen LogP contribution in [0.25, 0.3) is 10.8 Å². The molecule has 0 unspecified atom stereocenters. The van der Waals surface area contributed by atoms with E-state index < -0.39 is 0 Å². The Bertz CT molecular complexity index is 893. The highest BCUT2D eigenvalue weighted by Gasteiger charge is 2.14. The summed E-state index contributed by atoms with van der Waals surface area (Å²) in [5.74, 6) is 0.840. The zero-order valence-corrected chi connectivity index (χ0v) is 14.9. The van der Waals surface area contributed by atoms with E-state index >= 15 is 0 Å². The van der Waals surface area contributed by atoms with Crippen LogP contribution in [0.5, 0.6) is 5.75 Å². The average Bonchev–Trinajstić information content (AvgIpc) is 2.57. The van der Waals surface area contributed by atoms with Crippen LogP contribution in [-0.4, -0.2) is 18.0 Å². The molecular formula is C18H15IN2O2. The number of aromatic nitrogens is 1. The van der Waals surface area contributed by atoms with Gasteiger partial charge >= 0.3 is 0 Å². The number of pyridine rings is 1. The first-order chi connectivity index (χ1) is 11.1. The van der Waals surface area contributed by atoms with Crippen molar-refractivity contribution >= 4 is 45.1 Å². The van der Waals surface area contributed by atoms with Gasteiger partial charge in [0, 0.05) is 3.57 Å². The van der Waals surface area contributed by atoms with Crippen LogP contribution in [0.2, 0.25) is 0 Å². The van der Waals surface area contributed by atoms with Crippen LogP contribution in [0.1, 0.15) is 16.1 Å². The van der Waals surface area contributed by atoms with Gasteiger partial charge in [0.15, 0.2) is 0 Å². The third-order valence-corrected chi connectivity index (χ3v) is 4.72. The van der Waals surface area contributed by atoms with Gasteiger partial charge in [0.05, 0.1) is 18.4 Å². The molecule has 2 aromatic carbocycles. The summed E-state index contributed by atoms with van der Waals surface area (Å²) in [4.78, 5) is 17.0. The van der Waals surface area contributed by atoms with Crippen LogP contribution in [-0.2, 0) is 0 Å². The van der Waals surface area contributed by atoms with E-state index in [9.17, 15) is 4.79 Å². The molecule has 1 heterocycles. The second kappa shape index (κ2) is 6.54. The first-order valence-corrected chi connectivity index (χ1v) is 8.17. The molecule has 0 bridgehead atoms. The Balaban J connectivity index is 1.97. The minimum Gasteiger partial charge on any atom is -0.496 e. The van der Waals surface area contributed by atoms with E-state index in [1.54, 1.807) is 13.2 Å². The SMILES string of the molecule is COc1cc2ccccc2cc1C(=O)Nc1ccc(I)c(C)n1. The van der Waals surface area contributed by atoms with Gasteiger partial charge in [0.2, 0.25) is 0 Å². The third-order valence-electron chi connectivity index (χ3n) is 3.58. The number of ether oxygens (including phenoxy) is 1. The van der Waals surface area contributed by atoms with Crippen molar-refractivity contribution in [2.75, 3.05) is 12.4 Å². The highest BCUT2D eigenvalue weighted by Crippen LogP contribution is 2.26. The van der Waals surface area contributed by atoms with Crippen LogP contribution >= 0.6 is 22.6 Å². The molecule has 23 heavy (non-hydrogen) atoms. The summed E-state index contributed by atoms with van der Waals surface area (Å²) in [6.45, 7) is 1.91. The molecule has 0 fully saturated rings. The lowest BCUT2D eigenvalue weighted by Crippen LogP contribution is -2.14. The summed E-state index contributed by atoms with van der Waals surface area (Å²) < 4.78 is 6.43. The Morgan fingerprint density at radius 1 is 1.13 bits per heavy atom. The first-order valence-electron chi connectivity index (χ1n) is 7.10. The highest BCUT2D eigenvalue weighted by molar-refractivity contribution is 14.1. The summed E-state index contributed by atoms with van der Waals surface area (Å²) in [7, 11) is 1.56. The standard InChI is InChI=1S/C18H15IN2O2/c1-11-15(19)7-8-17(20-11)21-18(22)14-9-12-5-3-4-6-13(12)10-16(14)23-2/h3-10H,1-2H3,(H,20,21,22). The van der Waals surface area contributed by atoms with Crippen molar-refractivity contribution < 1.29 is 9.53 Å². The molecule has 0 aliphatic heterocycles. The number of aryl methyl sites for hydroxylation is 1. The fourth-order valence-electron chi connectivity index (χ4n) is 2.36. The fourth-order valence-corrected chi connectivity index (χ4v) is 2.66. The topological polar surface area (TPSA) is 51.2 Å². The molecule has 0 aliphatic rings. The van der Waals surface area contributed by atoms with Crippen LogP contribution in [0.15, 0.2) is 48.5 Å². The Morgan fingerprint density at radius 3 is 2.48 bits per heavy atom. The van der Waals surface area contributed by atoms with Gasteiger partial charge in [-0.1, -0.05) is 24.3 Å². The summed E-state index contributed by atoms with van der Waals surface area (Å²) in [6.07, 6.45) is 0. The molecule has 116 valence electrons. The lowest BCUT2D eigenvalue weighted by molar-refractivity contribution is 0.102. The zero-order valence-electron chi connectivity index (χ0n) is 12.8. The van der Waals surface area contributed by atoms with Crippen LogP contribution in [0.4, 0.5) is 5.82 Å². The van der Waals surface area contributed by atoms with Crippen molar-refractivity contribution in [3.05, 3.63) is 63.4 Å². The smallest absolute Gasteiger partial charge is 0.260 e. The van der Waals surface area contributed by atoms with Crippen molar-refractivity contribution in [2.24, 2.45) is 0 Å². The normalized spacial score (nSPS) is 10.6.